The fraction of sp³-hybridized carbons (Fsp3) is 0.261. The van der Waals surface area contributed by atoms with Gasteiger partial charge in [-0.05, 0) is 49.4 Å². The van der Waals surface area contributed by atoms with E-state index in [1.165, 1.54) is 12.1 Å². The minimum Gasteiger partial charge on any atom is -0.328 e. The summed E-state index contributed by atoms with van der Waals surface area (Å²) in [6.07, 6.45) is 0.950. The van der Waals surface area contributed by atoms with Crippen LogP contribution in [0.4, 0.5) is 14.7 Å². The summed E-state index contributed by atoms with van der Waals surface area (Å²) >= 11 is 0. The van der Waals surface area contributed by atoms with Crippen LogP contribution in [0.2, 0.25) is 0 Å². The maximum atomic E-state index is 14.0. The molecule has 1 aromatic heterocycles. The first kappa shape index (κ1) is 18.7. The number of carbonyl (C=O) groups is 1. The van der Waals surface area contributed by atoms with E-state index in [1.807, 2.05) is 25.1 Å². The predicted molar refractivity (Wildman–Crippen MR) is 108 cm³/mol. The largest absolute Gasteiger partial charge is 0.328 e. The second-order valence-corrected chi connectivity index (χ2v) is 7.99. The number of carbonyl (C=O) groups excluding carboxylic acids is 1. The molecule has 0 fully saturated rings. The van der Waals surface area contributed by atoms with Crippen molar-refractivity contribution in [2.24, 2.45) is 0 Å². The summed E-state index contributed by atoms with van der Waals surface area (Å²) in [5.74, 6) is -0.414. The summed E-state index contributed by atoms with van der Waals surface area (Å²) < 4.78 is 29.6. The van der Waals surface area contributed by atoms with Gasteiger partial charge in [-0.3, -0.25) is 4.79 Å². The quantitative estimate of drug-likeness (QED) is 0.676. The van der Waals surface area contributed by atoms with Crippen molar-refractivity contribution < 1.29 is 13.6 Å². The van der Waals surface area contributed by atoms with Crippen LogP contribution in [0.1, 0.15) is 47.3 Å². The molecule has 0 unspecified atom stereocenters. The summed E-state index contributed by atoms with van der Waals surface area (Å²) in [6, 6.07) is 10.8. The van der Waals surface area contributed by atoms with Crippen molar-refractivity contribution in [3.63, 3.8) is 0 Å². The molecule has 2 aromatic carbocycles. The van der Waals surface area contributed by atoms with Gasteiger partial charge in [0.05, 0.1) is 0 Å². The first-order valence-electron chi connectivity index (χ1n) is 9.88. The summed E-state index contributed by atoms with van der Waals surface area (Å²) in [6.45, 7) is 3.77. The van der Waals surface area contributed by atoms with Crippen LogP contribution >= 0.6 is 0 Å². The molecular weight excluding hydrogens is 386 g/mol. The molecule has 0 amide bonds. The van der Waals surface area contributed by atoms with E-state index in [-0.39, 0.29) is 11.7 Å². The summed E-state index contributed by atoms with van der Waals surface area (Å²) in [5, 5.41) is 7.65. The number of rotatable bonds is 2. The van der Waals surface area contributed by atoms with E-state index in [9.17, 15) is 13.6 Å². The molecule has 5 nitrogen and oxygen atoms in total. The number of hydrogen-bond donors (Lipinski definition) is 1. The third-order valence-electron chi connectivity index (χ3n) is 5.74. The van der Waals surface area contributed by atoms with Crippen LogP contribution in [0.3, 0.4) is 0 Å². The SMILES string of the molecule is Cc1cccc([C@@H]2CC(=O)C3=C(C2)Nc2nc(C)nn2[C@H]3c2cc(F)cc(F)c2)c1. The van der Waals surface area contributed by atoms with Gasteiger partial charge in [-0.1, -0.05) is 29.8 Å². The molecule has 30 heavy (non-hydrogen) atoms. The third kappa shape index (κ3) is 3.10. The molecule has 0 saturated heterocycles. The second-order valence-electron chi connectivity index (χ2n) is 7.99. The van der Waals surface area contributed by atoms with Crippen LogP contribution in [0.25, 0.3) is 0 Å². The molecule has 3 aromatic rings. The highest BCUT2D eigenvalue weighted by Gasteiger charge is 2.39. The van der Waals surface area contributed by atoms with Gasteiger partial charge in [-0.15, -0.1) is 0 Å². The van der Waals surface area contributed by atoms with E-state index >= 15 is 0 Å². The fourth-order valence-electron chi connectivity index (χ4n) is 4.52. The number of fused-ring (bicyclic) bond motifs is 1. The smallest absolute Gasteiger partial charge is 0.226 e. The minimum atomic E-state index is -0.714. The molecule has 5 rings (SSSR count). The van der Waals surface area contributed by atoms with Gasteiger partial charge in [0.2, 0.25) is 5.95 Å². The monoisotopic (exact) mass is 406 g/mol. The average Bonchev–Trinajstić information content (AvgIpc) is 3.05. The minimum absolute atomic E-state index is 0.0316. The molecule has 7 heteroatoms. The van der Waals surface area contributed by atoms with Gasteiger partial charge in [-0.25, -0.2) is 13.5 Å². The van der Waals surface area contributed by atoms with E-state index in [0.29, 0.717) is 35.8 Å². The van der Waals surface area contributed by atoms with Crippen molar-refractivity contribution in [1.29, 1.82) is 0 Å². The Bertz CT molecular complexity index is 1190. The zero-order valence-corrected chi connectivity index (χ0v) is 16.6. The molecule has 152 valence electrons. The van der Waals surface area contributed by atoms with Gasteiger partial charge in [-0.2, -0.15) is 10.1 Å². The Labute approximate surface area is 172 Å². The number of ketones is 1. The van der Waals surface area contributed by atoms with E-state index in [2.05, 4.69) is 21.5 Å². The van der Waals surface area contributed by atoms with Crippen LogP contribution in [0.5, 0.6) is 0 Å². The van der Waals surface area contributed by atoms with Crippen molar-refractivity contribution in [1.82, 2.24) is 14.8 Å². The van der Waals surface area contributed by atoms with Gasteiger partial charge < -0.3 is 5.32 Å². The molecule has 1 N–H and O–H groups in total. The van der Waals surface area contributed by atoms with Crippen LogP contribution in [-0.4, -0.2) is 20.5 Å². The number of nitrogens with zero attached hydrogens (tertiary/aromatic N) is 3. The summed E-state index contributed by atoms with van der Waals surface area (Å²) in [7, 11) is 0. The normalized spacial score (nSPS) is 20.6. The third-order valence-corrected chi connectivity index (χ3v) is 5.74. The molecule has 2 aliphatic rings. The lowest BCUT2D eigenvalue weighted by molar-refractivity contribution is -0.116. The number of nitrogens with one attached hydrogen (secondary N) is 1. The van der Waals surface area contributed by atoms with E-state index in [1.54, 1.807) is 11.6 Å². The number of Topliss-reactive ketones (excluding diaryl/α,β-unsaturated/α-hetero) is 1. The Morgan fingerprint density at radius 3 is 2.53 bits per heavy atom. The lowest BCUT2D eigenvalue weighted by Gasteiger charge is -2.35. The first-order chi connectivity index (χ1) is 14.4. The molecule has 1 aliphatic carbocycles. The Kier molecular flexibility index (Phi) is 4.27. The van der Waals surface area contributed by atoms with Crippen LogP contribution in [0.15, 0.2) is 53.7 Å². The molecule has 1 aliphatic heterocycles. The fourth-order valence-corrected chi connectivity index (χ4v) is 4.52. The van der Waals surface area contributed by atoms with Gasteiger partial charge in [0.25, 0.3) is 0 Å². The molecule has 0 radical (unpaired) electrons. The van der Waals surface area contributed by atoms with Crippen molar-refractivity contribution in [2.45, 2.75) is 38.6 Å². The first-order valence-corrected chi connectivity index (χ1v) is 9.88. The zero-order chi connectivity index (χ0) is 21.0. The standard InChI is InChI=1S/C23H20F2N4O/c1-12-4-3-5-14(6-12)15-9-19-21(20(30)10-15)22(16-7-17(24)11-18(25)8-16)29-23(27-19)26-13(2)28-29/h3-8,11,15,22H,9-10H2,1-2H3,(H,26,27,28)/t15-,22-/m0/s1. The lowest BCUT2D eigenvalue weighted by Crippen LogP contribution is -2.33. The van der Waals surface area contributed by atoms with E-state index < -0.39 is 17.7 Å². The van der Waals surface area contributed by atoms with Crippen LogP contribution in [-0.2, 0) is 4.79 Å². The molecule has 0 spiro atoms. The van der Waals surface area contributed by atoms with Crippen LogP contribution in [0, 0.1) is 25.5 Å². The van der Waals surface area contributed by atoms with Crippen molar-refractivity contribution >= 4 is 11.7 Å². The van der Waals surface area contributed by atoms with Crippen LogP contribution < -0.4 is 5.32 Å². The maximum Gasteiger partial charge on any atom is 0.226 e. The molecule has 2 heterocycles. The van der Waals surface area contributed by atoms with Gasteiger partial charge >= 0.3 is 0 Å². The summed E-state index contributed by atoms with van der Waals surface area (Å²) in [5.41, 5.74) is 3.83. The van der Waals surface area contributed by atoms with E-state index in [0.717, 1.165) is 22.9 Å². The molecule has 2 atom stereocenters. The average molecular weight is 406 g/mol. The highest BCUT2D eigenvalue weighted by molar-refractivity contribution is 6.00. The number of benzene rings is 2. The van der Waals surface area contributed by atoms with Gasteiger partial charge in [0, 0.05) is 23.8 Å². The van der Waals surface area contributed by atoms with Gasteiger partial charge in [0.15, 0.2) is 5.78 Å². The number of allylic oxidation sites excluding steroid dienone is 2. The Morgan fingerprint density at radius 2 is 1.80 bits per heavy atom. The zero-order valence-electron chi connectivity index (χ0n) is 16.6. The number of aryl methyl sites for hydroxylation is 2. The van der Waals surface area contributed by atoms with Crippen molar-refractivity contribution in [3.8, 4) is 0 Å². The Hall–Kier alpha value is -3.35. The maximum absolute atomic E-state index is 14.0. The van der Waals surface area contributed by atoms with Gasteiger partial charge in [0.1, 0.15) is 23.5 Å². The highest BCUT2D eigenvalue weighted by atomic mass is 19.1. The Morgan fingerprint density at radius 1 is 1.03 bits per heavy atom. The van der Waals surface area contributed by atoms with Crippen molar-refractivity contribution in [3.05, 3.63) is 87.9 Å². The Balaban J connectivity index is 1.63. The number of hydrogen-bond acceptors (Lipinski definition) is 4. The topological polar surface area (TPSA) is 59.8 Å². The van der Waals surface area contributed by atoms with E-state index in [4.69, 9.17) is 0 Å². The molecular formula is C23H20F2N4O. The highest BCUT2D eigenvalue weighted by Crippen LogP contribution is 2.44. The van der Waals surface area contributed by atoms with Crippen molar-refractivity contribution in [2.75, 3.05) is 5.32 Å². The number of aromatic nitrogens is 3. The summed E-state index contributed by atoms with van der Waals surface area (Å²) in [4.78, 5) is 17.7. The lowest BCUT2D eigenvalue weighted by atomic mass is 9.77. The molecule has 0 saturated carbocycles. The predicted octanol–water partition coefficient (Wildman–Crippen LogP) is 4.59. The number of anilines is 1. The number of halogens is 2. The second kappa shape index (κ2) is 6.86. The molecule has 0 bridgehead atoms.